The number of aromatic nitrogens is 2. The van der Waals surface area contributed by atoms with Gasteiger partial charge in [0.05, 0.1) is 11.4 Å². The standard InChI is InChI=1S/C15H14N6/c1-3-7-13(8-4-1)18-19-20-21(15-16-11-12-17-15)14-9-5-2-6-10-14/h1-12H,(H,16,17)(H,18,20). The Balaban J connectivity index is 1.79. The van der Waals surface area contributed by atoms with Crippen molar-refractivity contribution in [3.8, 4) is 0 Å². The number of benzene rings is 2. The number of para-hydroxylation sites is 1. The third-order valence-electron chi connectivity index (χ3n) is 2.78. The van der Waals surface area contributed by atoms with Crippen LogP contribution in [0.15, 0.2) is 83.4 Å². The zero-order valence-corrected chi connectivity index (χ0v) is 11.2. The molecular weight excluding hydrogens is 264 g/mol. The molecule has 0 saturated heterocycles. The summed E-state index contributed by atoms with van der Waals surface area (Å²) in [7, 11) is 0. The highest BCUT2D eigenvalue weighted by atomic mass is 15.7. The molecule has 0 aliphatic carbocycles. The molecule has 0 aliphatic rings. The number of rotatable bonds is 5. The number of aromatic amines is 1. The molecule has 0 amide bonds. The van der Waals surface area contributed by atoms with Crippen molar-refractivity contribution < 1.29 is 0 Å². The maximum atomic E-state index is 4.22. The normalized spacial score (nSPS) is 10.7. The van der Waals surface area contributed by atoms with Crippen molar-refractivity contribution in [1.82, 2.24) is 15.5 Å². The number of imidazole rings is 1. The average molecular weight is 278 g/mol. The zero-order chi connectivity index (χ0) is 14.3. The van der Waals surface area contributed by atoms with E-state index in [1.807, 2.05) is 60.7 Å². The van der Waals surface area contributed by atoms with Crippen molar-refractivity contribution >= 4 is 17.3 Å². The number of hydrogen-bond acceptors (Lipinski definition) is 4. The first kappa shape index (κ1) is 12.9. The SMILES string of the molecule is c1ccc(N=NNN(c2ccccc2)c2ncc[nH]2)cc1. The van der Waals surface area contributed by atoms with Crippen molar-refractivity contribution in [2.75, 3.05) is 5.01 Å². The number of anilines is 2. The first-order valence-corrected chi connectivity index (χ1v) is 6.49. The minimum absolute atomic E-state index is 0.633. The van der Waals surface area contributed by atoms with E-state index in [9.17, 15) is 0 Å². The topological polar surface area (TPSA) is 68.7 Å². The van der Waals surface area contributed by atoms with Gasteiger partial charge in [-0.3, -0.25) is 0 Å². The molecule has 21 heavy (non-hydrogen) atoms. The highest BCUT2D eigenvalue weighted by molar-refractivity contribution is 5.55. The molecule has 1 heterocycles. The van der Waals surface area contributed by atoms with Gasteiger partial charge >= 0.3 is 0 Å². The van der Waals surface area contributed by atoms with Gasteiger partial charge in [0.1, 0.15) is 0 Å². The molecule has 0 fully saturated rings. The van der Waals surface area contributed by atoms with Crippen LogP contribution in [0.5, 0.6) is 0 Å². The Bertz CT molecular complexity index is 679. The molecular formula is C15H14N6. The third kappa shape index (κ3) is 3.24. The van der Waals surface area contributed by atoms with Crippen molar-refractivity contribution in [2.24, 2.45) is 10.3 Å². The third-order valence-corrected chi connectivity index (χ3v) is 2.78. The molecule has 0 unspecified atom stereocenters. The van der Waals surface area contributed by atoms with Crippen LogP contribution in [0.1, 0.15) is 0 Å². The van der Waals surface area contributed by atoms with E-state index in [-0.39, 0.29) is 0 Å². The molecule has 0 atom stereocenters. The van der Waals surface area contributed by atoms with Crippen LogP contribution in [-0.2, 0) is 0 Å². The lowest BCUT2D eigenvalue weighted by Gasteiger charge is -2.19. The van der Waals surface area contributed by atoms with Gasteiger partial charge in [-0.05, 0) is 24.3 Å². The predicted molar refractivity (Wildman–Crippen MR) is 81.3 cm³/mol. The summed E-state index contributed by atoms with van der Waals surface area (Å²) in [6.07, 6.45) is 3.43. The number of nitrogens with zero attached hydrogens (tertiary/aromatic N) is 4. The number of hydrazine groups is 1. The van der Waals surface area contributed by atoms with Crippen LogP contribution in [0.4, 0.5) is 17.3 Å². The van der Waals surface area contributed by atoms with Crippen molar-refractivity contribution in [3.63, 3.8) is 0 Å². The quantitative estimate of drug-likeness (QED) is 0.551. The zero-order valence-electron chi connectivity index (χ0n) is 11.2. The molecule has 1 aromatic heterocycles. The summed E-state index contributed by atoms with van der Waals surface area (Å²) in [5, 5.41) is 9.84. The average Bonchev–Trinajstić information content (AvgIpc) is 3.07. The maximum Gasteiger partial charge on any atom is 0.228 e. The van der Waals surface area contributed by atoms with Crippen LogP contribution >= 0.6 is 0 Å². The molecule has 2 N–H and O–H groups in total. The van der Waals surface area contributed by atoms with Crippen LogP contribution in [0.3, 0.4) is 0 Å². The first-order valence-electron chi connectivity index (χ1n) is 6.49. The van der Waals surface area contributed by atoms with Gasteiger partial charge in [-0.25, -0.2) is 9.99 Å². The summed E-state index contributed by atoms with van der Waals surface area (Å²) in [6.45, 7) is 0. The smallest absolute Gasteiger partial charge is 0.228 e. The molecule has 3 rings (SSSR count). The Morgan fingerprint density at radius 3 is 2.33 bits per heavy atom. The predicted octanol–water partition coefficient (Wildman–Crippen LogP) is 3.75. The van der Waals surface area contributed by atoms with Crippen molar-refractivity contribution in [1.29, 1.82) is 0 Å². The van der Waals surface area contributed by atoms with Crippen LogP contribution in [0.2, 0.25) is 0 Å². The Labute approximate surface area is 122 Å². The lowest BCUT2D eigenvalue weighted by atomic mass is 10.3. The molecule has 0 aliphatic heterocycles. The van der Waals surface area contributed by atoms with E-state index in [0.717, 1.165) is 11.4 Å². The molecule has 2 aromatic carbocycles. The van der Waals surface area contributed by atoms with E-state index in [2.05, 4.69) is 25.8 Å². The second kappa shape index (κ2) is 6.33. The molecule has 0 spiro atoms. The molecule has 6 heteroatoms. The highest BCUT2D eigenvalue weighted by Gasteiger charge is 2.09. The van der Waals surface area contributed by atoms with Crippen molar-refractivity contribution in [3.05, 3.63) is 73.1 Å². The Hall–Kier alpha value is -3.15. The Morgan fingerprint density at radius 2 is 1.67 bits per heavy atom. The van der Waals surface area contributed by atoms with Crippen LogP contribution in [-0.4, -0.2) is 9.97 Å². The monoisotopic (exact) mass is 278 g/mol. The fraction of sp³-hybridized carbons (Fsp3) is 0. The van der Waals surface area contributed by atoms with Crippen LogP contribution in [0, 0.1) is 0 Å². The summed E-state index contributed by atoms with van der Waals surface area (Å²) >= 11 is 0. The summed E-state index contributed by atoms with van der Waals surface area (Å²) in [5.74, 6) is 0.633. The number of hydrogen-bond donors (Lipinski definition) is 2. The summed E-state index contributed by atoms with van der Waals surface area (Å²) in [6, 6.07) is 19.3. The second-order valence-corrected chi connectivity index (χ2v) is 4.22. The lowest BCUT2D eigenvalue weighted by molar-refractivity contribution is 0.697. The van der Waals surface area contributed by atoms with E-state index in [4.69, 9.17) is 0 Å². The highest BCUT2D eigenvalue weighted by Crippen LogP contribution is 2.19. The first-order chi connectivity index (χ1) is 10.4. The summed E-state index contributed by atoms with van der Waals surface area (Å²) in [5.41, 5.74) is 4.56. The largest absolute Gasteiger partial charge is 0.329 e. The minimum Gasteiger partial charge on any atom is -0.329 e. The van der Waals surface area contributed by atoms with Gasteiger partial charge in [0, 0.05) is 12.4 Å². The Kier molecular flexibility index (Phi) is 3.88. The Morgan fingerprint density at radius 1 is 0.952 bits per heavy atom. The lowest BCUT2D eigenvalue weighted by Crippen LogP contribution is -2.29. The van der Waals surface area contributed by atoms with Gasteiger partial charge in [-0.1, -0.05) is 41.6 Å². The minimum atomic E-state index is 0.633. The van der Waals surface area contributed by atoms with E-state index < -0.39 is 0 Å². The maximum absolute atomic E-state index is 4.22. The van der Waals surface area contributed by atoms with E-state index >= 15 is 0 Å². The number of nitrogens with one attached hydrogen (secondary N) is 2. The van der Waals surface area contributed by atoms with Crippen LogP contribution in [0.25, 0.3) is 0 Å². The van der Waals surface area contributed by atoms with Gasteiger partial charge in [0.2, 0.25) is 5.95 Å². The molecule has 0 saturated carbocycles. The van der Waals surface area contributed by atoms with E-state index in [0.29, 0.717) is 5.95 Å². The molecule has 3 aromatic rings. The number of H-pyrrole nitrogens is 1. The molecule has 104 valence electrons. The summed E-state index contributed by atoms with van der Waals surface area (Å²) < 4.78 is 0. The van der Waals surface area contributed by atoms with Gasteiger partial charge in [0.25, 0.3) is 0 Å². The fourth-order valence-corrected chi connectivity index (χ4v) is 1.80. The van der Waals surface area contributed by atoms with Crippen molar-refractivity contribution in [2.45, 2.75) is 0 Å². The van der Waals surface area contributed by atoms with Crippen LogP contribution < -0.4 is 10.5 Å². The van der Waals surface area contributed by atoms with Gasteiger partial charge < -0.3 is 4.98 Å². The molecule has 0 bridgehead atoms. The molecule has 0 radical (unpaired) electrons. The van der Waals surface area contributed by atoms with E-state index in [1.54, 1.807) is 17.4 Å². The molecule has 6 nitrogen and oxygen atoms in total. The van der Waals surface area contributed by atoms with Gasteiger partial charge in [0.15, 0.2) is 0 Å². The van der Waals surface area contributed by atoms with E-state index in [1.165, 1.54) is 0 Å². The van der Waals surface area contributed by atoms with Gasteiger partial charge in [-0.2, -0.15) is 5.53 Å². The fourth-order valence-electron chi connectivity index (χ4n) is 1.80. The van der Waals surface area contributed by atoms with Gasteiger partial charge in [-0.15, -0.1) is 5.11 Å². The summed E-state index contributed by atoms with van der Waals surface area (Å²) in [4.78, 5) is 7.26. The second-order valence-electron chi connectivity index (χ2n) is 4.22.